The van der Waals surface area contributed by atoms with Gasteiger partial charge < -0.3 is 25.4 Å². The Morgan fingerprint density at radius 1 is 1.08 bits per heavy atom. The van der Waals surface area contributed by atoms with E-state index >= 15 is 0 Å². The Bertz CT molecular complexity index is 1190. The summed E-state index contributed by atoms with van der Waals surface area (Å²) in [7, 11) is 0. The number of likely N-dealkylation sites (tertiary alicyclic amines) is 1. The third-order valence-corrected chi connectivity index (χ3v) is 8.59. The maximum Gasteiger partial charge on any atom is 0.246 e. The van der Waals surface area contributed by atoms with Crippen molar-refractivity contribution in [1.29, 1.82) is 0 Å². The highest BCUT2D eigenvalue weighted by atomic mass is 16.5. The molecule has 3 unspecified atom stereocenters. The first-order valence-corrected chi connectivity index (χ1v) is 13.6. The van der Waals surface area contributed by atoms with Gasteiger partial charge in [0.25, 0.3) is 0 Å². The van der Waals surface area contributed by atoms with Gasteiger partial charge in [-0.3, -0.25) is 14.4 Å². The number of fused-ring (bicyclic) bond motifs is 1. The fourth-order valence-corrected chi connectivity index (χ4v) is 7.00. The number of carbonyl (C=O) groups is 3. The Kier molecular flexibility index (Phi) is 7.05. The highest BCUT2D eigenvalue weighted by molar-refractivity contribution is 6.02. The van der Waals surface area contributed by atoms with Crippen molar-refractivity contribution in [2.24, 2.45) is 11.8 Å². The molecule has 2 aromatic carbocycles. The van der Waals surface area contributed by atoms with E-state index in [1.165, 1.54) is 4.90 Å². The number of nitrogens with zero attached hydrogens (tertiary/aromatic N) is 1. The minimum atomic E-state index is -1.15. The molecule has 3 N–H and O–H groups in total. The molecule has 202 valence electrons. The van der Waals surface area contributed by atoms with Crippen LogP contribution < -0.4 is 10.6 Å². The zero-order chi connectivity index (χ0) is 27.1. The average Bonchev–Trinajstić information content (AvgIpc) is 3.47. The molecule has 3 fully saturated rings. The third kappa shape index (κ3) is 4.20. The largest absolute Gasteiger partial charge is 0.394 e. The number of carbonyl (C=O) groups excluding carboxylic acids is 3. The van der Waals surface area contributed by atoms with E-state index in [0.29, 0.717) is 18.5 Å². The molecule has 3 heterocycles. The van der Waals surface area contributed by atoms with Crippen molar-refractivity contribution in [3.8, 4) is 0 Å². The maximum atomic E-state index is 14.4. The lowest BCUT2D eigenvalue weighted by molar-refractivity contribution is -0.149. The van der Waals surface area contributed by atoms with Gasteiger partial charge >= 0.3 is 0 Å². The number of rotatable bonds is 9. The molecule has 8 heteroatoms. The Hall–Kier alpha value is -3.23. The van der Waals surface area contributed by atoms with Crippen LogP contribution in [0.15, 0.2) is 60.7 Å². The summed E-state index contributed by atoms with van der Waals surface area (Å²) in [5.74, 6) is -2.52. The van der Waals surface area contributed by atoms with Gasteiger partial charge in [0.05, 0.1) is 30.1 Å². The molecule has 0 aliphatic carbocycles. The first kappa shape index (κ1) is 26.4. The van der Waals surface area contributed by atoms with E-state index in [4.69, 9.17) is 4.74 Å². The van der Waals surface area contributed by atoms with Crippen molar-refractivity contribution in [2.45, 2.75) is 75.8 Å². The van der Waals surface area contributed by atoms with Crippen molar-refractivity contribution < 1.29 is 24.2 Å². The van der Waals surface area contributed by atoms with E-state index in [0.717, 1.165) is 18.4 Å². The molecule has 5 rings (SSSR count). The molecule has 8 nitrogen and oxygen atoms in total. The van der Waals surface area contributed by atoms with Crippen molar-refractivity contribution in [3.05, 3.63) is 66.2 Å². The van der Waals surface area contributed by atoms with Crippen molar-refractivity contribution in [1.82, 2.24) is 10.2 Å². The summed E-state index contributed by atoms with van der Waals surface area (Å²) in [4.78, 5) is 43.6. The normalized spacial score (nSPS) is 31.1. The van der Waals surface area contributed by atoms with E-state index in [1.54, 1.807) is 12.1 Å². The lowest BCUT2D eigenvalue weighted by atomic mass is 9.66. The van der Waals surface area contributed by atoms with Crippen LogP contribution in [-0.2, 0) is 19.1 Å². The van der Waals surface area contributed by atoms with Gasteiger partial charge in [-0.15, -0.1) is 0 Å². The second kappa shape index (κ2) is 10.2. The number of para-hydroxylation sites is 1. The summed E-state index contributed by atoms with van der Waals surface area (Å²) in [6, 6.07) is 16.6. The van der Waals surface area contributed by atoms with Crippen molar-refractivity contribution in [3.63, 3.8) is 0 Å². The molecule has 3 saturated heterocycles. The van der Waals surface area contributed by atoms with Gasteiger partial charge in [-0.05, 0) is 50.8 Å². The van der Waals surface area contributed by atoms with Gasteiger partial charge in [0.1, 0.15) is 11.6 Å². The quantitative estimate of drug-likeness (QED) is 0.471. The Morgan fingerprint density at radius 3 is 2.37 bits per heavy atom. The summed E-state index contributed by atoms with van der Waals surface area (Å²) < 4.78 is 6.68. The van der Waals surface area contributed by atoms with Crippen LogP contribution in [0.4, 0.5) is 5.69 Å². The lowest BCUT2D eigenvalue weighted by Gasteiger charge is -2.37. The van der Waals surface area contributed by atoms with Crippen LogP contribution in [0.2, 0.25) is 0 Å². The van der Waals surface area contributed by atoms with E-state index in [9.17, 15) is 19.5 Å². The molecule has 3 aliphatic heterocycles. The van der Waals surface area contributed by atoms with Crippen LogP contribution in [0, 0.1) is 11.8 Å². The van der Waals surface area contributed by atoms with Crippen LogP contribution in [0.25, 0.3) is 0 Å². The molecule has 2 bridgehead atoms. The monoisotopic (exact) mass is 519 g/mol. The molecule has 7 atom stereocenters. The number of aliphatic hydroxyl groups excluding tert-OH is 1. The first-order chi connectivity index (χ1) is 18.3. The molecular weight excluding hydrogens is 482 g/mol. The van der Waals surface area contributed by atoms with Crippen LogP contribution in [0.3, 0.4) is 0 Å². The summed E-state index contributed by atoms with van der Waals surface area (Å²) in [5, 5.41) is 16.6. The van der Waals surface area contributed by atoms with E-state index in [-0.39, 0.29) is 30.4 Å². The van der Waals surface area contributed by atoms with Gasteiger partial charge in [-0.1, -0.05) is 61.9 Å². The molecule has 0 saturated carbocycles. The zero-order valence-electron chi connectivity index (χ0n) is 22.2. The summed E-state index contributed by atoms with van der Waals surface area (Å²) in [5.41, 5.74) is -0.658. The molecule has 3 aliphatic rings. The summed E-state index contributed by atoms with van der Waals surface area (Å²) >= 11 is 0. The predicted molar refractivity (Wildman–Crippen MR) is 143 cm³/mol. The smallest absolute Gasteiger partial charge is 0.246 e. The third-order valence-electron chi connectivity index (χ3n) is 8.59. The maximum absolute atomic E-state index is 14.4. The van der Waals surface area contributed by atoms with Crippen LogP contribution in [0.1, 0.15) is 58.1 Å². The lowest BCUT2D eigenvalue weighted by Crippen LogP contribution is -2.57. The second-order valence-corrected chi connectivity index (χ2v) is 11.1. The van der Waals surface area contributed by atoms with E-state index in [2.05, 4.69) is 17.6 Å². The predicted octanol–water partition coefficient (Wildman–Crippen LogP) is 3.43. The highest BCUT2D eigenvalue weighted by Gasteiger charge is 2.78. The number of nitrogens with one attached hydrogen (secondary N) is 2. The van der Waals surface area contributed by atoms with Crippen LogP contribution >= 0.6 is 0 Å². The second-order valence-electron chi connectivity index (χ2n) is 11.1. The fourth-order valence-electron chi connectivity index (χ4n) is 7.00. The standard InChI is InChI=1S/C30H37N3O5/c1-4-11-19(2)31-27(36)25-30-17-16-29(3,38-30)23(26(35)32-21-14-9-6-10-15-21)24(30)28(37)33(25)22(18-34)20-12-7-5-8-13-20/h5-10,12-15,19,22-25,34H,4,11,16-18H2,1-3H3,(H,31,36)(H,32,35)/t19?,22-,23+,24+,25?,29-,30?/m1/s1. The fraction of sp³-hybridized carbons (Fsp3) is 0.500. The minimum Gasteiger partial charge on any atom is -0.394 e. The molecular formula is C30H37N3O5. The Morgan fingerprint density at radius 2 is 1.74 bits per heavy atom. The van der Waals surface area contributed by atoms with Crippen molar-refractivity contribution >= 4 is 23.4 Å². The first-order valence-electron chi connectivity index (χ1n) is 13.6. The number of anilines is 1. The number of ether oxygens (including phenoxy) is 1. The number of hydrogen-bond acceptors (Lipinski definition) is 5. The number of aliphatic hydroxyl groups is 1. The molecule has 1 spiro atoms. The average molecular weight is 520 g/mol. The highest BCUT2D eigenvalue weighted by Crippen LogP contribution is 2.64. The number of benzene rings is 2. The van der Waals surface area contributed by atoms with Gasteiger partial charge in [0.2, 0.25) is 17.7 Å². The minimum absolute atomic E-state index is 0.0874. The van der Waals surface area contributed by atoms with Crippen molar-refractivity contribution in [2.75, 3.05) is 11.9 Å². The SMILES string of the molecule is CCCC(C)NC(=O)C1N([C@H](CO)c2ccccc2)C(=O)[C@@H]2[C@@H](C(=O)Nc3ccccc3)[C@@]3(C)CCC12O3. The van der Waals surface area contributed by atoms with E-state index < -0.39 is 35.1 Å². The molecule has 38 heavy (non-hydrogen) atoms. The van der Waals surface area contributed by atoms with E-state index in [1.807, 2.05) is 62.4 Å². The summed E-state index contributed by atoms with van der Waals surface area (Å²) in [6.07, 6.45) is 2.74. The number of hydrogen-bond donors (Lipinski definition) is 3. The molecule has 2 aromatic rings. The summed E-state index contributed by atoms with van der Waals surface area (Å²) in [6.45, 7) is 5.52. The van der Waals surface area contributed by atoms with Gasteiger partial charge in [-0.2, -0.15) is 0 Å². The van der Waals surface area contributed by atoms with Gasteiger partial charge in [-0.25, -0.2) is 0 Å². The Balaban J connectivity index is 1.56. The van der Waals surface area contributed by atoms with Crippen LogP contribution in [-0.4, -0.2) is 57.6 Å². The number of amides is 3. The zero-order valence-corrected chi connectivity index (χ0v) is 22.2. The van der Waals surface area contributed by atoms with Crippen LogP contribution in [0.5, 0.6) is 0 Å². The van der Waals surface area contributed by atoms with Gasteiger partial charge in [0, 0.05) is 11.7 Å². The molecule has 0 radical (unpaired) electrons. The van der Waals surface area contributed by atoms with Gasteiger partial charge in [0.15, 0.2) is 0 Å². The Labute approximate surface area is 223 Å². The molecule has 3 amide bonds. The molecule has 0 aromatic heterocycles. The topological polar surface area (TPSA) is 108 Å².